The summed E-state index contributed by atoms with van der Waals surface area (Å²) in [5, 5.41) is 10.8. The first kappa shape index (κ1) is 23.9. The minimum absolute atomic E-state index is 0.136. The molecule has 0 saturated carbocycles. The fraction of sp³-hybridized carbons (Fsp3) is 0.304. The highest BCUT2D eigenvalue weighted by atomic mass is 19.4. The van der Waals surface area contributed by atoms with Gasteiger partial charge in [0.25, 0.3) is 5.91 Å². The molecule has 0 bridgehead atoms. The maximum absolute atomic E-state index is 12.7. The topological polar surface area (TPSA) is 105 Å². The van der Waals surface area contributed by atoms with Crippen LogP contribution in [0.2, 0.25) is 0 Å². The van der Waals surface area contributed by atoms with Crippen molar-refractivity contribution in [3.63, 3.8) is 0 Å². The molecule has 3 N–H and O–H groups in total. The highest BCUT2D eigenvalue weighted by Crippen LogP contribution is 2.24. The number of aliphatic hydroxyl groups excluding tert-OH is 1. The smallest absolute Gasteiger partial charge is 0.382 e. The second-order valence-corrected chi connectivity index (χ2v) is 7.35. The van der Waals surface area contributed by atoms with Crippen molar-refractivity contribution in [2.24, 2.45) is 0 Å². The van der Waals surface area contributed by atoms with Gasteiger partial charge in [-0.3, -0.25) is 4.79 Å². The van der Waals surface area contributed by atoms with E-state index in [1.807, 2.05) is 6.92 Å². The fourth-order valence-electron chi connectivity index (χ4n) is 3.23. The Balaban J connectivity index is 1.86. The summed E-state index contributed by atoms with van der Waals surface area (Å²) in [6.07, 6.45) is -4.56. The van der Waals surface area contributed by atoms with Gasteiger partial charge in [-0.25, -0.2) is 15.0 Å². The number of benzene rings is 1. The van der Waals surface area contributed by atoms with Crippen LogP contribution in [0, 0.1) is 18.8 Å². The summed E-state index contributed by atoms with van der Waals surface area (Å²) < 4.78 is 38.2. The molecule has 0 radical (unpaired) electrons. The number of pyridine rings is 1. The van der Waals surface area contributed by atoms with Gasteiger partial charge in [-0.1, -0.05) is 30.9 Å². The van der Waals surface area contributed by atoms with Gasteiger partial charge in [0.1, 0.15) is 17.9 Å². The quantitative estimate of drug-likeness (QED) is 0.571. The lowest BCUT2D eigenvalue weighted by Gasteiger charge is -2.24. The molecule has 10 heteroatoms. The van der Waals surface area contributed by atoms with E-state index in [4.69, 9.17) is 5.73 Å². The molecule has 0 aliphatic heterocycles. The Hall–Kier alpha value is -3.71. The van der Waals surface area contributed by atoms with Gasteiger partial charge in [0.05, 0.1) is 0 Å². The first-order valence-corrected chi connectivity index (χ1v) is 10.1. The SMILES string of the molecule is CCCN(CC(F)(F)F)C(=O)[C@H](O)C#Cc1cccc(-c2nc(C)c3ccnc(N)c3n2)c1. The van der Waals surface area contributed by atoms with Crippen molar-refractivity contribution in [3.05, 3.63) is 47.8 Å². The number of aryl methyl sites for hydroxylation is 1. The van der Waals surface area contributed by atoms with E-state index >= 15 is 0 Å². The molecule has 0 saturated heterocycles. The predicted octanol–water partition coefficient (Wildman–Crippen LogP) is 3.10. The van der Waals surface area contributed by atoms with Gasteiger partial charge in [0.2, 0.25) is 0 Å². The van der Waals surface area contributed by atoms with Gasteiger partial charge in [-0.2, -0.15) is 13.2 Å². The van der Waals surface area contributed by atoms with Crippen LogP contribution in [0.25, 0.3) is 22.3 Å². The number of rotatable bonds is 5. The van der Waals surface area contributed by atoms with Crippen molar-refractivity contribution in [1.29, 1.82) is 0 Å². The van der Waals surface area contributed by atoms with Crippen LogP contribution in [0.5, 0.6) is 0 Å². The van der Waals surface area contributed by atoms with Crippen LogP contribution in [-0.2, 0) is 4.79 Å². The summed E-state index contributed by atoms with van der Waals surface area (Å²) in [5.74, 6) is 4.54. The number of carbonyl (C=O) groups is 1. The minimum Gasteiger partial charge on any atom is -0.382 e. The van der Waals surface area contributed by atoms with E-state index in [2.05, 4.69) is 26.8 Å². The molecule has 0 spiro atoms. The molecular formula is C23H22F3N5O2. The number of nitrogens with zero attached hydrogens (tertiary/aromatic N) is 4. The van der Waals surface area contributed by atoms with E-state index < -0.39 is 24.7 Å². The molecule has 0 unspecified atom stereocenters. The maximum Gasteiger partial charge on any atom is 0.406 e. The summed E-state index contributed by atoms with van der Waals surface area (Å²) in [6, 6.07) is 8.50. The number of hydrogen-bond donors (Lipinski definition) is 2. The molecule has 1 atom stereocenters. The number of hydrogen-bond acceptors (Lipinski definition) is 6. The normalized spacial score (nSPS) is 12.2. The highest BCUT2D eigenvalue weighted by molar-refractivity contribution is 5.89. The molecule has 2 aromatic heterocycles. The summed E-state index contributed by atoms with van der Waals surface area (Å²) >= 11 is 0. The Labute approximate surface area is 188 Å². The van der Waals surface area contributed by atoms with Crippen LogP contribution >= 0.6 is 0 Å². The number of nitrogen functional groups attached to an aromatic ring is 1. The first-order valence-electron chi connectivity index (χ1n) is 10.1. The number of amides is 1. The molecule has 1 amide bonds. The number of alkyl halides is 3. The molecule has 0 fully saturated rings. The van der Waals surface area contributed by atoms with E-state index in [0.717, 1.165) is 5.39 Å². The Morgan fingerprint density at radius 1 is 1.27 bits per heavy atom. The third kappa shape index (κ3) is 5.96. The number of halogens is 3. The third-order valence-corrected chi connectivity index (χ3v) is 4.72. The standard InChI is InChI=1S/C23H22F3N5O2/c1-3-11-31(13-23(24,25)26)22(33)18(32)8-7-15-5-4-6-16(12-15)21-29-14(2)17-9-10-28-20(27)19(17)30-21/h4-6,9-10,12,18,32H,3,11,13H2,1-2H3,(H2,27,28)/t18-/m1/s1. The lowest BCUT2D eigenvalue weighted by atomic mass is 10.1. The van der Waals surface area contributed by atoms with Gasteiger partial charge in [0, 0.05) is 34.9 Å². The third-order valence-electron chi connectivity index (χ3n) is 4.72. The molecule has 0 aliphatic carbocycles. The Morgan fingerprint density at radius 3 is 2.73 bits per heavy atom. The second-order valence-electron chi connectivity index (χ2n) is 7.35. The van der Waals surface area contributed by atoms with Crippen molar-refractivity contribution < 1.29 is 23.1 Å². The summed E-state index contributed by atoms with van der Waals surface area (Å²) in [7, 11) is 0. The molecule has 1 aromatic carbocycles. The van der Waals surface area contributed by atoms with Gasteiger partial charge in [-0.15, -0.1) is 0 Å². The van der Waals surface area contributed by atoms with E-state index in [1.54, 1.807) is 43.5 Å². The average molecular weight is 457 g/mol. The van der Waals surface area contributed by atoms with Crippen molar-refractivity contribution in [1.82, 2.24) is 19.9 Å². The van der Waals surface area contributed by atoms with Crippen LogP contribution in [0.15, 0.2) is 36.5 Å². The maximum atomic E-state index is 12.7. The van der Waals surface area contributed by atoms with Crippen LogP contribution in [0.1, 0.15) is 24.6 Å². The van der Waals surface area contributed by atoms with Crippen molar-refractivity contribution in [2.45, 2.75) is 32.5 Å². The number of carbonyl (C=O) groups excluding carboxylic acids is 1. The van der Waals surface area contributed by atoms with Gasteiger partial charge < -0.3 is 15.7 Å². The van der Waals surface area contributed by atoms with E-state index in [0.29, 0.717) is 39.5 Å². The number of aliphatic hydroxyl groups is 1. The summed E-state index contributed by atoms with van der Waals surface area (Å²) in [6.45, 7) is 1.88. The van der Waals surface area contributed by atoms with Gasteiger partial charge in [-0.05, 0) is 31.5 Å². The monoisotopic (exact) mass is 457 g/mol. The Bertz CT molecular complexity index is 1230. The number of nitrogens with two attached hydrogens (primary N) is 1. The average Bonchev–Trinajstić information content (AvgIpc) is 2.76. The van der Waals surface area contributed by atoms with Crippen LogP contribution in [0.3, 0.4) is 0 Å². The summed E-state index contributed by atoms with van der Waals surface area (Å²) in [4.78, 5) is 25.8. The first-order chi connectivity index (χ1) is 15.6. The van der Waals surface area contributed by atoms with Crippen LogP contribution < -0.4 is 5.73 Å². The molecular weight excluding hydrogens is 435 g/mol. The zero-order valence-electron chi connectivity index (χ0n) is 18.0. The van der Waals surface area contributed by atoms with Crippen molar-refractivity contribution >= 4 is 22.6 Å². The van der Waals surface area contributed by atoms with E-state index in [1.165, 1.54) is 0 Å². The second kappa shape index (κ2) is 9.83. The number of fused-ring (bicyclic) bond motifs is 1. The fourth-order valence-corrected chi connectivity index (χ4v) is 3.23. The minimum atomic E-state index is -4.57. The van der Waals surface area contributed by atoms with Gasteiger partial charge >= 0.3 is 6.18 Å². The molecule has 0 aliphatic rings. The molecule has 33 heavy (non-hydrogen) atoms. The van der Waals surface area contributed by atoms with E-state index in [-0.39, 0.29) is 12.4 Å². The Morgan fingerprint density at radius 2 is 2.03 bits per heavy atom. The number of anilines is 1. The van der Waals surface area contributed by atoms with E-state index in [9.17, 15) is 23.1 Å². The molecule has 7 nitrogen and oxygen atoms in total. The van der Waals surface area contributed by atoms with Crippen molar-refractivity contribution in [3.8, 4) is 23.2 Å². The summed E-state index contributed by atoms with van der Waals surface area (Å²) in [5.41, 5.74) is 8.20. The lowest BCUT2D eigenvalue weighted by molar-refractivity contribution is -0.164. The molecule has 2 heterocycles. The van der Waals surface area contributed by atoms with Crippen molar-refractivity contribution in [2.75, 3.05) is 18.8 Å². The molecule has 3 aromatic rings. The zero-order chi connectivity index (χ0) is 24.2. The van der Waals surface area contributed by atoms with Crippen LogP contribution in [0.4, 0.5) is 19.0 Å². The highest BCUT2D eigenvalue weighted by Gasteiger charge is 2.34. The zero-order valence-corrected chi connectivity index (χ0v) is 18.0. The van der Waals surface area contributed by atoms with Gasteiger partial charge in [0.15, 0.2) is 11.9 Å². The lowest BCUT2D eigenvalue weighted by Crippen LogP contribution is -2.44. The van der Waals surface area contributed by atoms with Crippen LogP contribution in [-0.4, -0.2) is 56.2 Å². The predicted molar refractivity (Wildman–Crippen MR) is 118 cm³/mol. The largest absolute Gasteiger partial charge is 0.406 e. The number of aromatic nitrogens is 3. The molecule has 3 rings (SSSR count). The molecule has 172 valence electrons. The Kier molecular flexibility index (Phi) is 7.13.